The van der Waals surface area contributed by atoms with E-state index in [-0.39, 0.29) is 18.8 Å². The number of nitrogens with zero attached hydrogens (tertiary/aromatic N) is 3. The lowest BCUT2D eigenvalue weighted by Crippen LogP contribution is -2.49. The number of unbranched alkanes of at least 4 members (excludes halogenated alkanes) is 1. The fourth-order valence-electron chi connectivity index (χ4n) is 7.08. The van der Waals surface area contributed by atoms with Crippen molar-refractivity contribution in [3.8, 4) is 5.75 Å². The third-order valence-electron chi connectivity index (χ3n) is 9.77. The maximum atomic E-state index is 13.7. The van der Waals surface area contributed by atoms with Gasteiger partial charge in [0.25, 0.3) is 0 Å². The summed E-state index contributed by atoms with van der Waals surface area (Å²) < 4.78 is 63.5. The Morgan fingerprint density at radius 3 is 2.11 bits per heavy atom. The predicted octanol–water partition coefficient (Wildman–Crippen LogP) is 8.14. The molecular weight excluding hydrogens is 820 g/mol. The Morgan fingerprint density at radius 1 is 0.792 bits per heavy atom. The molecule has 1 fully saturated rings. The highest BCUT2D eigenvalue weighted by atomic mass is 79.9. The molecule has 13 heteroatoms. The standard InChI is InChI=1S/C40H44Br2F4N4O3/c41-30-6-9-37-33(21-30)34-22-31(42)7-10-38(34)50(37)25-32(52)24-49-16-14-48(15-17-49)13-2-1-3-27-5-11-39(29(19-27)23-47-12-18-51)53-26-28-4-8-36(43)35(20-28)40(44,45)46/h4-11,19-22,32,47,51-52H,1-3,12-18,23-26H2. The summed E-state index contributed by atoms with van der Waals surface area (Å²) in [5.74, 6) is -0.788. The minimum atomic E-state index is -4.79. The van der Waals surface area contributed by atoms with Crippen molar-refractivity contribution >= 4 is 53.7 Å². The van der Waals surface area contributed by atoms with Crippen molar-refractivity contribution in [1.29, 1.82) is 0 Å². The molecule has 3 N–H and O–H groups in total. The number of β-amino-alcohol motifs (C(OH)–C–C–N with tert-alkyl or cyclic N) is 1. The summed E-state index contributed by atoms with van der Waals surface area (Å²) in [6.07, 6.45) is -2.40. The molecule has 7 nitrogen and oxygen atoms in total. The first-order valence-corrected chi connectivity index (χ1v) is 19.5. The number of nitrogens with one attached hydrogen (secondary N) is 1. The van der Waals surface area contributed by atoms with E-state index in [1.54, 1.807) is 0 Å². The van der Waals surface area contributed by atoms with E-state index in [1.165, 1.54) is 6.07 Å². The van der Waals surface area contributed by atoms with Crippen LogP contribution in [0.2, 0.25) is 0 Å². The smallest absolute Gasteiger partial charge is 0.419 e. The van der Waals surface area contributed by atoms with Crippen molar-refractivity contribution in [3.05, 3.63) is 110 Å². The summed E-state index contributed by atoms with van der Waals surface area (Å²) in [7, 11) is 0. The van der Waals surface area contributed by atoms with Gasteiger partial charge in [0.05, 0.1) is 24.8 Å². The van der Waals surface area contributed by atoms with E-state index in [2.05, 4.69) is 75.8 Å². The highest BCUT2D eigenvalue weighted by Gasteiger charge is 2.34. The van der Waals surface area contributed by atoms with Crippen LogP contribution in [-0.4, -0.2) is 83.1 Å². The van der Waals surface area contributed by atoms with Crippen LogP contribution in [0.15, 0.2) is 81.7 Å². The summed E-state index contributed by atoms with van der Waals surface area (Å²) >= 11 is 7.21. The Balaban J connectivity index is 0.961. The number of rotatable bonds is 16. The average molecular weight is 865 g/mol. The van der Waals surface area contributed by atoms with Crippen LogP contribution in [0, 0.1) is 5.82 Å². The molecule has 1 aliphatic rings. The number of aromatic nitrogens is 1. The molecule has 4 aromatic carbocycles. The second kappa shape index (κ2) is 18.1. The van der Waals surface area contributed by atoms with Crippen LogP contribution >= 0.6 is 31.9 Å². The van der Waals surface area contributed by atoms with Crippen LogP contribution in [0.1, 0.15) is 35.1 Å². The second-order valence-corrected chi connectivity index (χ2v) is 15.5. The highest BCUT2D eigenvalue weighted by Crippen LogP contribution is 2.34. The molecule has 0 saturated carbocycles. The number of hydrogen-bond acceptors (Lipinski definition) is 6. The van der Waals surface area contributed by atoms with Crippen molar-refractivity contribution in [1.82, 2.24) is 19.7 Å². The largest absolute Gasteiger partial charge is 0.489 e. The fourth-order valence-corrected chi connectivity index (χ4v) is 7.80. The number of benzene rings is 4. The highest BCUT2D eigenvalue weighted by molar-refractivity contribution is 9.10. The van der Waals surface area contributed by atoms with Crippen molar-refractivity contribution < 1.29 is 32.5 Å². The van der Waals surface area contributed by atoms with Gasteiger partial charge in [0.1, 0.15) is 18.2 Å². The SMILES string of the molecule is OCCNCc1cc(CCCCN2CCN(CC(O)Cn3c4ccc(Br)cc4c4cc(Br)ccc43)CC2)ccc1OCc1ccc(F)c(C(F)(F)F)c1. The molecule has 1 aromatic heterocycles. The van der Waals surface area contributed by atoms with E-state index < -0.39 is 23.7 Å². The van der Waals surface area contributed by atoms with Gasteiger partial charge in [-0.25, -0.2) is 4.39 Å². The Bertz CT molecular complexity index is 1940. The zero-order valence-corrected chi connectivity index (χ0v) is 32.5. The predicted molar refractivity (Wildman–Crippen MR) is 208 cm³/mol. The third kappa shape index (κ3) is 10.4. The van der Waals surface area contributed by atoms with Crippen LogP contribution < -0.4 is 10.1 Å². The molecule has 0 aliphatic carbocycles. The van der Waals surface area contributed by atoms with E-state index in [9.17, 15) is 27.8 Å². The average Bonchev–Trinajstić information content (AvgIpc) is 3.41. The Morgan fingerprint density at radius 2 is 1.45 bits per heavy atom. The Hall–Kier alpha value is -3.04. The normalized spacial score (nSPS) is 15.1. The van der Waals surface area contributed by atoms with Crippen LogP contribution in [0.3, 0.4) is 0 Å². The molecule has 53 heavy (non-hydrogen) atoms. The van der Waals surface area contributed by atoms with E-state index >= 15 is 0 Å². The summed E-state index contributed by atoms with van der Waals surface area (Å²) in [6, 6.07) is 21.3. The van der Waals surface area contributed by atoms with Crippen LogP contribution in [0.25, 0.3) is 21.8 Å². The van der Waals surface area contributed by atoms with E-state index in [0.717, 1.165) is 106 Å². The lowest BCUT2D eigenvalue weighted by molar-refractivity contribution is -0.140. The zero-order valence-electron chi connectivity index (χ0n) is 29.3. The van der Waals surface area contributed by atoms with Gasteiger partial charge in [-0.1, -0.05) is 50.1 Å². The maximum Gasteiger partial charge on any atom is 0.419 e. The minimum Gasteiger partial charge on any atom is -0.489 e. The third-order valence-corrected chi connectivity index (χ3v) is 10.8. The summed E-state index contributed by atoms with van der Waals surface area (Å²) in [5, 5.41) is 25.9. The molecule has 1 unspecified atom stereocenters. The van der Waals surface area contributed by atoms with Gasteiger partial charge in [0.2, 0.25) is 0 Å². The molecule has 0 bridgehead atoms. The van der Waals surface area contributed by atoms with Gasteiger partial charge >= 0.3 is 6.18 Å². The first-order chi connectivity index (χ1) is 25.5. The van der Waals surface area contributed by atoms with E-state index in [4.69, 9.17) is 4.74 Å². The van der Waals surface area contributed by atoms with Gasteiger partial charge in [-0.2, -0.15) is 13.2 Å². The molecule has 1 aliphatic heterocycles. The number of hydrogen-bond donors (Lipinski definition) is 3. The van der Waals surface area contributed by atoms with Crippen molar-refractivity contribution in [3.63, 3.8) is 0 Å². The van der Waals surface area contributed by atoms with Gasteiger partial charge in [-0.05, 0) is 91.5 Å². The molecule has 5 aromatic rings. The number of fused-ring (bicyclic) bond motifs is 3. The number of piperazine rings is 1. The lowest BCUT2D eigenvalue weighted by Gasteiger charge is -2.35. The quantitative estimate of drug-likeness (QED) is 0.0688. The van der Waals surface area contributed by atoms with Crippen LogP contribution in [0.4, 0.5) is 17.6 Å². The first-order valence-electron chi connectivity index (χ1n) is 17.9. The fraction of sp³-hybridized carbons (Fsp3) is 0.400. The molecule has 0 spiro atoms. The van der Waals surface area contributed by atoms with E-state index in [1.807, 2.05) is 30.3 Å². The van der Waals surface area contributed by atoms with Gasteiger partial charge in [-0.15, -0.1) is 0 Å². The number of alkyl halides is 3. The van der Waals surface area contributed by atoms with Gasteiger partial charge < -0.3 is 29.7 Å². The monoisotopic (exact) mass is 862 g/mol. The minimum absolute atomic E-state index is 0.0277. The van der Waals surface area contributed by atoms with Gasteiger partial charge in [0, 0.05) is 82.1 Å². The number of aliphatic hydroxyl groups excluding tert-OH is 2. The Labute approximate surface area is 323 Å². The molecule has 1 saturated heterocycles. The summed E-state index contributed by atoms with van der Waals surface area (Å²) in [5.41, 5.74) is 3.09. The van der Waals surface area contributed by atoms with Crippen molar-refractivity contribution in [2.75, 3.05) is 52.4 Å². The first kappa shape index (κ1) is 39.6. The second-order valence-electron chi connectivity index (χ2n) is 13.6. The molecule has 6 rings (SSSR count). The van der Waals surface area contributed by atoms with Crippen LogP contribution in [-0.2, 0) is 32.3 Å². The van der Waals surface area contributed by atoms with Crippen molar-refractivity contribution in [2.45, 2.75) is 51.2 Å². The van der Waals surface area contributed by atoms with Gasteiger partial charge in [0.15, 0.2) is 0 Å². The Kier molecular flexibility index (Phi) is 13.5. The molecule has 0 radical (unpaired) electrons. The van der Waals surface area contributed by atoms with Crippen molar-refractivity contribution in [2.24, 2.45) is 0 Å². The molecule has 2 heterocycles. The van der Waals surface area contributed by atoms with Crippen LogP contribution in [0.5, 0.6) is 5.75 Å². The number of aliphatic hydroxyl groups is 2. The lowest BCUT2D eigenvalue weighted by atomic mass is 10.0. The summed E-state index contributed by atoms with van der Waals surface area (Å²) in [4.78, 5) is 4.83. The molecular formula is C40H44Br2F4N4O3. The van der Waals surface area contributed by atoms with E-state index in [0.29, 0.717) is 31.9 Å². The molecule has 1 atom stereocenters. The van der Waals surface area contributed by atoms with Gasteiger partial charge in [-0.3, -0.25) is 4.90 Å². The topological polar surface area (TPSA) is 73.1 Å². The number of ether oxygens (including phenoxy) is 1. The number of halogens is 6. The summed E-state index contributed by atoms with van der Waals surface area (Å²) in [6.45, 7) is 6.51. The maximum absolute atomic E-state index is 13.7. The number of aryl methyl sites for hydroxylation is 1. The zero-order chi connectivity index (χ0) is 37.5. The molecule has 284 valence electrons. The molecule has 0 amide bonds.